The van der Waals surface area contributed by atoms with Crippen molar-refractivity contribution >= 4 is 51.9 Å². The molecule has 9 heteroatoms. The first-order chi connectivity index (χ1) is 13.4. The Morgan fingerprint density at radius 3 is 2.50 bits per heavy atom. The van der Waals surface area contributed by atoms with Crippen molar-refractivity contribution in [2.24, 2.45) is 0 Å². The molecule has 0 aliphatic rings. The smallest absolute Gasteiger partial charge is 0.296 e. The molecule has 28 heavy (non-hydrogen) atoms. The molecule has 0 bridgehead atoms. The fourth-order valence-corrected chi connectivity index (χ4v) is 3.15. The number of fused-ring (bicyclic) bond motifs is 1. The summed E-state index contributed by atoms with van der Waals surface area (Å²) in [6.07, 6.45) is 1.30. The van der Waals surface area contributed by atoms with E-state index in [2.05, 4.69) is 15.3 Å². The molecular formula is C19H10Cl3F2N3O. The van der Waals surface area contributed by atoms with Gasteiger partial charge in [0, 0.05) is 17.3 Å². The number of rotatable bonds is 4. The third-order valence-electron chi connectivity index (χ3n) is 4.00. The molecule has 0 saturated carbocycles. The molecule has 0 aliphatic heterocycles. The van der Waals surface area contributed by atoms with Crippen LogP contribution < -0.4 is 5.32 Å². The van der Waals surface area contributed by atoms with E-state index in [0.717, 1.165) is 6.07 Å². The van der Waals surface area contributed by atoms with Crippen molar-refractivity contribution in [1.82, 2.24) is 9.97 Å². The normalized spacial score (nSPS) is 12.3. The van der Waals surface area contributed by atoms with Crippen LogP contribution in [0.15, 0.2) is 53.1 Å². The van der Waals surface area contributed by atoms with Gasteiger partial charge in [-0.3, -0.25) is 4.98 Å². The maximum absolute atomic E-state index is 14.6. The van der Waals surface area contributed by atoms with Gasteiger partial charge in [-0.15, -0.1) is 0 Å². The van der Waals surface area contributed by atoms with Gasteiger partial charge >= 0.3 is 0 Å². The molecule has 0 saturated heterocycles. The Balaban J connectivity index is 1.80. The van der Waals surface area contributed by atoms with Crippen LogP contribution in [0.3, 0.4) is 0 Å². The number of nitrogens with zero attached hydrogens (tertiary/aromatic N) is 2. The molecule has 0 fully saturated rings. The number of anilines is 1. The Bertz CT molecular complexity index is 1180. The minimum Gasteiger partial charge on any atom is -0.423 e. The maximum atomic E-state index is 14.6. The topological polar surface area (TPSA) is 51.0 Å². The molecule has 4 nitrogen and oxygen atoms in total. The Hall–Kier alpha value is -2.41. The van der Waals surface area contributed by atoms with Gasteiger partial charge in [0.1, 0.15) is 28.9 Å². The number of hydrogen-bond donors (Lipinski definition) is 1. The van der Waals surface area contributed by atoms with E-state index in [4.69, 9.17) is 39.2 Å². The number of pyridine rings is 1. The summed E-state index contributed by atoms with van der Waals surface area (Å²) in [5, 5.41) is 3.52. The third-order valence-corrected chi connectivity index (χ3v) is 4.75. The fourth-order valence-electron chi connectivity index (χ4n) is 2.72. The summed E-state index contributed by atoms with van der Waals surface area (Å²) in [5.74, 6) is -1.32. The van der Waals surface area contributed by atoms with Crippen LogP contribution in [0.5, 0.6) is 0 Å². The lowest BCUT2D eigenvalue weighted by molar-refractivity contribution is 0.574. The summed E-state index contributed by atoms with van der Waals surface area (Å²) in [4.78, 5) is 8.35. The lowest BCUT2D eigenvalue weighted by atomic mass is 10.0. The number of aromatic nitrogens is 2. The van der Waals surface area contributed by atoms with E-state index in [1.54, 1.807) is 24.3 Å². The van der Waals surface area contributed by atoms with E-state index < -0.39 is 17.7 Å². The van der Waals surface area contributed by atoms with Crippen LogP contribution in [-0.4, -0.2) is 9.97 Å². The Kier molecular flexibility index (Phi) is 5.10. The van der Waals surface area contributed by atoms with Crippen molar-refractivity contribution in [3.05, 3.63) is 86.6 Å². The van der Waals surface area contributed by atoms with Crippen molar-refractivity contribution in [1.29, 1.82) is 0 Å². The first-order valence-electron chi connectivity index (χ1n) is 7.99. The largest absolute Gasteiger partial charge is 0.423 e. The zero-order valence-corrected chi connectivity index (χ0v) is 16.2. The van der Waals surface area contributed by atoms with Gasteiger partial charge < -0.3 is 9.73 Å². The Morgan fingerprint density at radius 1 is 0.929 bits per heavy atom. The van der Waals surface area contributed by atoms with Crippen LogP contribution in [0.1, 0.15) is 17.3 Å². The Labute approximate surface area is 173 Å². The van der Waals surface area contributed by atoms with Crippen LogP contribution >= 0.6 is 34.8 Å². The summed E-state index contributed by atoms with van der Waals surface area (Å²) in [7, 11) is 0. The molecule has 142 valence electrons. The number of benzene rings is 2. The first-order valence-corrected chi connectivity index (χ1v) is 9.12. The summed E-state index contributed by atoms with van der Waals surface area (Å²) in [6.45, 7) is 0. The lowest BCUT2D eigenvalue weighted by Crippen LogP contribution is -2.16. The molecule has 0 unspecified atom stereocenters. The van der Waals surface area contributed by atoms with Gasteiger partial charge in [0.2, 0.25) is 0 Å². The molecular weight excluding hydrogens is 431 g/mol. The molecule has 2 aromatic carbocycles. The molecule has 0 spiro atoms. The highest BCUT2D eigenvalue weighted by molar-refractivity contribution is 6.31. The van der Waals surface area contributed by atoms with E-state index >= 15 is 0 Å². The summed E-state index contributed by atoms with van der Waals surface area (Å²) >= 11 is 17.5. The molecule has 0 radical (unpaired) electrons. The zero-order valence-electron chi connectivity index (χ0n) is 13.9. The third kappa shape index (κ3) is 3.76. The average molecular weight is 441 g/mol. The minimum atomic E-state index is -0.910. The molecule has 1 atom stereocenters. The van der Waals surface area contributed by atoms with E-state index in [0.29, 0.717) is 21.7 Å². The molecule has 1 N–H and O–H groups in total. The van der Waals surface area contributed by atoms with Crippen molar-refractivity contribution < 1.29 is 13.2 Å². The van der Waals surface area contributed by atoms with E-state index in [9.17, 15) is 8.78 Å². The second-order valence-electron chi connectivity index (χ2n) is 5.90. The van der Waals surface area contributed by atoms with Gasteiger partial charge in [0.05, 0.1) is 10.0 Å². The number of hydrogen-bond acceptors (Lipinski definition) is 4. The van der Waals surface area contributed by atoms with E-state index in [1.807, 2.05) is 0 Å². The first kappa shape index (κ1) is 18.9. The predicted molar refractivity (Wildman–Crippen MR) is 105 cm³/mol. The molecule has 4 rings (SSSR count). The van der Waals surface area contributed by atoms with Crippen LogP contribution in [0.2, 0.25) is 15.1 Å². The number of halogens is 5. The van der Waals surface area contributed by atoms with Crippen molar-refractivity contribution in [3.8, 4) is 0 Å². The summed E-state index contributed by atoms with van der Waals surface area (Å²) in [5.41, 5.74) is 1.36. The van der Waals surface area contributed by atoms with Crippen molar-refractivity contribution in [3.63, 3.8) is 0 Å². The van der Waals surface area contributed by atoms with Crippen LogP contribution in [-0.2, 0) is 0 Å². The van der Waals surface area contributed by atoms with Crippen molar-refractivity contribution in [2.75, 3.05) is 5.32 Å². The van der Waals surface area contributed by atoms with Crippen molar-refractivity contribution in [2.45, 2.75) is 6.04 Å². The highest BCUT2D eigenvalue weighted by Gasteiger charge is 2.23. The van der Waals surface area contributed by atoms with E-state index in [-0.39, 0.29) is 21.8 Å². The van der Waals surface area contributed by atoms with Gasteiger partial charge in [-0.25, -0.2) is 8.78 Å². The van der Waals surface area contributed by atoms with Crippen LogP contribution in [0, 0.1) is 11.6 Å². The number of oxazole rings is 1. The molecule has 0 aliphatic carbocycles. The van der Waals surface area contributed by atoms with Crippen LogP contribution in [0.25, 0.3) is 11.1 Å². The second kappa shape index (κ2) is 7.54. The van der Waals surface area contributed by atoms with Gasteiger partial charge in [0.25, 0.3) is 6.01 Å². The Morgan fingerprint density at radius 2 is 1.75 bits per heavy atom. The van der Waals surface area contributed by atoms with E-state index in [1.165, 1.54) is 18.3 Å². The second-order valence-corrected chi connectivity index (χ2v) is 7.18. The quantitative estimate of drug-likeness (QED) is 0.385. The van der Waals surface area contributed by atoms with Gasteiger partial charge in [-0.1, -0.05) is 40.9 Å². The monoisotopic (exact) mass is 439 g/mol. The highest BCUT2D eigenvalue weighted by Crippen LogP contribution is 2.31. The zero-order chi connectivity index (χ0) is 19.8. The fraction of sp³-hybridized carbons (Fsp3) is 0.0526. The van der Waals surface area contributed by atoms with Gasteiger partial charge in [-0.2, -0.15) is 4.98 Å². The molecule has 0 amide bonds. The minimum absolute atomic E-state index is 0.00795. The van der Waals surface area contributed by atoms with Gasteiger partial charge in [-0.05, 0) is 35.9 Å². The number of nitrogens with one attached hydrogen (secondary N) is 1. The SMILES string of the molecule is Fc1cc([C@H](Nc2nc3ccc(Cl)cc3o2)c2ncc(Cl)cc2F)ccc1Cl. The highest BCUT2D eigenvalue weighted by atomic mass is 35.5. The predicted octanol–water partition coefficient (Wildman–Crippen LogP) is 6.66. The summed E-state index contributed by atoms with van der Waals surface area (Å²) in [6, 6.07) is 9.38. The summed E-state index contributed by atoms with van der Waals surface area (Å²) < 4.78 is 34.2. The van der Waals surface area contributed by atoms with Crippen LogP contribution in [0.4, 0.5) is 14.8 Å². The molecule has 4 aromatic rings. The lowest BCUT2D eigenvalue weighted by Gasteiger charge is -2.18. The average Bonchev–Trinajstić information content (AvgIpc) is 3.04. The maximum Gasteiger partial charge on any atom is 0.296 e. The molecule has 2 heterocycles. The van der Waals surface area contributed by atoms with Gasteiger partial charge in [0.15, 0.2) is 5.58 Å². The molecule has 2 aromatic heterocycles. The standard InChI is InChI=1S/C19H10Cl3F2N3O/c20-10-2-4-15-16(7-10)28-19(26-15)27-17(9-1-3-12(22)13(23)5-9)18-14(24)6-11(21)8-25-18/h1-8,17H,(H,26,27)/t17-/m0/s1.